The number of carbonyl (C=O) groups is 1. The zero-order valence-corrected chi connectivity index (χ0v) is 11.7. The molecule has 0 amide bonds. The third-order valence-electron chi connectivity index (χ3n) is 2.85. The largest absolute Gasteiger partial charge is 0.494 e. The van der Waals surface area contributed by atoms with Gasteiger partial charge in [0.25, 0.3) is 0 Å². The zero-order valence-electron chi connectivity index (χ0n) is 10.9. The van der Waals surface area contributed by atoms with Gasteiger partial charge in [-0.05, 0) is 61.9 Å². The highest BCUT2D eigenvalue weighted by Crippen LogP contribution is 2.20. The van der Waals surface area contributed by atoms with Gasteiger partial charge in [-0.3, -0.25) is 4.79 Å². The molecule has 0 aliphatic heterocycles. The summed E-state index contributed by atoms with van der Waals surface area (Å²) in [7, 11) is 0. The minimum Gasteiger partial charge on any atom is -0.494 e. The summed E-state index contributed by atoms with van der Waals surface area (Å²) in [4.78, 5) is 12.3. The number of benzene rings is 2. The van der Waals surface area contributed by atoms with Crippen molar-refractivity contribution in [3.8, 4) is 5.75 Å². The molecule has 0 aliphatic rings. The summed E-state index contributed by atoms with van der Waals surface area (Å²) in [5.74, 6) is 0.758. The Morgan fingerprint density at radius 2 is 1.74 bits per heavy atom. The van der Waals surface area contributed by atoms with Crippen molar-refractivity contribution in [2.75, 3.05) is 6.61 Å². The van der Waals surface area contributed by atoms with Crippen molar-refractivity contribution in [3.63, 3.8) is 0 Å². The van der Waals surface area contributed by atoms with E-state index >= 15 is 0 Å². The van der Waals surface area contributed by atoms with Gasteiger partial charge < -0.3 is 4.74 Å². The first kappa shape index (κ1) is 13.6. The first-order valence-electron chi connectivity index (χ1n) is 6.15. The van der Waals surface area contributed by atoms with E-state index in [1.165, 1.54) is 0 Å². The average Bonchev–Trinajstić information content (AvgIpc) is 2.42. The van der Waals surface area contributed by atoms with E-state index in [1.54, 1.807) is 42.5 Å². The summed E-state index contributed by atoms with van der Waals surface area (Å²) in [6.45, 7) is 4.43. The number of hydrogen-bond acceptors (Lipinski definition) is 2. The maximum Gasteiger partial charge on any atom is 0.193 e. The van der Waals surface area contributed by atoms with Crippen LogP contribution in [0, 0.1) is 6.92 Å². The number of carbonyl (C=O) groups excluding carboxylic acids is 1. The molecule has 0 N–H and O–H groups in total. The van der Waals surface area contributed by atoms with Crippen molar-refractivity contribution < 1.29 is 9.53 Å². The average molecular weight is 275 g/mol. The van der Waals surface area contributed by atoms with Crippen molar-refractivity contribution in [3.05, 3.63) is 64.2 Å². The molecule has 98 valence electrons. The molecular formula is C16H15ClO2. The second-order valence-corrected chi connectivity index (χ2v) is 4.66. The van der Waals surface area contributed by atoms with E-state index in [-0.39, 0.29) is 5.78 Å². The van der Waals surface area contributed by atoms with Gasteiger partial charge in [-0.25, -0.2) is 0 Å². The fraction of sp³-hybridized carbons (Fsp3) is 0.188. The Kier molecular flexibility index (Phi) is 4.23. The van der Waals surface area contributed by atoms with Gasteiger partial charge in [0, 0.05) is 16.1 Å². The van der Waals surface area contributed by atoms with E-state index in [9.17, 15) is 4.79 Å². The van der Waals surface area contributed by atoms with Crippen LogP contribution in [0.25, 0.3) is 0 Å². The van der Waals surface area contributed by atoms with Crippen LogP contribution in [0.1, 0.15) is 28.4 Å². The van der Waals surface area contributed by atoms with E-state index in [0.29, 0.717) is 22.8 Å². The molecule has 0 heterocycles. The molecule has 0 unspecified atom stereocenters. The lowest BCUT2D eigenvalue weighted by Crippen LogP contribution is -2.02. The van der Waals surface area contributed by atoms with Crippen LogP contribution in [0.2, 0.25) is 5.02 Å². The summed E-state index contributed by atoms with van der Waals surface area (Å²) < 4.78 is 5.35. The first-order valence-corrected chi connectivity index (χ1v) is 6.53. The molecule has 2 aromatic carbocycles. The third-order valence-corrected chi connectivity index (χ3v) is 3.27. The van der Waals surface area contributed by atoms with Gasteiger partial charge in [-0.1, -0.05) is 11.6 Å². The van der Waals surface area contributed by atoms with Gasteiger partial charge in [-0.2, -0.15) is 0 Å². The van der Waals surface area contributed by atoms with Crippen LogP contribution in [0.4, 0.5) is 0 Å². The molecule has 19 heavy (non-hydrogen) atoms. The number of ether oxygens (including phenoxy) is 1. The fourth-order valence-corrected chi connectivity index (χ4v) is 1.94. The van der Waals surface area contributed by atoms with Crippen LogP contribution >= 0.6 is 11.6 Å². The Morgan fingerprint density at radius 1 is 1.11 bits per heavy atom. The second-order valence-electron chi connectivity index (χ2n) is 4.25. The van der Waals surface area contributed by atoms with Crippen molar-refractivity contribution in [2.24, 2.45) is 0 Å². The van der Waals surface area contributed by atoms with E-state index in [1.807, 2.05) is 13.8 Å². The molecule has 0 saturated carbocycles. The van der Waals surface area contributed by atoms with E-state index in [0.717, 1.165) is 11.3 Å². The van der Waals surface area contributed by atoms with E-state index in [4.69, 9.17) is 16.3 Å². The predicted octanol–water partition coefficient (Wildman–Crippen LogP) is 4.28. The van der Waals surface area contributed by atoms with Crippen molar-refractivity contribution in [2.45, 2.75) is 13.8 Å². The van der Waals surface area contributed by atoms with Crippen molar-refractivity contribution in [1.82, 2.24) is 0 Å². The Morgan fingerprint density at radius 3 is 2.32 bits per heavy atom. The van der Waals surface area contributed by atoms with Gasteiger partial charge >= 0.3 is 0 Å². The number of halogens is 1. The fourth-order valence-electron chi connectivity index (χ4n) is 1.82. The molecule has 0 saturated heterocycles. The zero-order chi connectivity index (χ0) is 13.8. The van der Waals surface area contributed by atoms with Gasteiger partial charge in [0.05, 0.1) is 6.61 Å². The lowest BCUT2D eigenvalue weighted by molar-refractivity contribution is 0.103. The monoisotopic (exact) mass is 274 g/mol. The van der Waals surface area contributed by atoms with Crippen LogP contribution < -0.4 is 4.74 Å². The summed E-state index contributed by atoms with van der Waals surface area (Å²) in [5.41, 5.74) is 2.19. The maximum absolute atomic E-state index is 12.3. The summed E-state index contributed by atoms with van der Waals surface area (Å²) in [6.07, 6.45) is 0. The smallest absolute Gasteiger partial charge is 0.193 e. The lowest BCUT2D eigenvalue weighted by Gasteiger charge is -2.06. The molecule has 2 rings (SSSR count). The van der Waals surface area contributed by atoms with Crippen LogP contribution in [0.3, 0.4) is 0 Å². The first-order chi connectivity index (χ1) is 9.11. The summed E-state index contributed by atoms with van der Waals surface area (Å²) in [6, 6.07) is 12.5. The molecular weight excluding hydrogens is 260 g/mol. The quantitative estimate of drug-likeness (QED) is 0.778. The topological polar surface area (TPSA) is 26.3 Å². The highest BCUT2D eigenvalue weighted by atomic mass is 35.5. The van der Waals surface area contributed by atoms with Crippen LogP contribution in [0.15, 0.2) is 42.5 Å². The Labute approximate surface area is 118 Å². The molecule has 2 aromatic rings. The molecule has 0 aliphatic carbocycles. The summed E-state index contributed by atoms with van der Waals surface area (Å²) in [5, 5.41) is 0.670. The minimum atomic E-state index is -0.0113. The van der Waals surface area contributed by atoms with Crippen LogP contribution in [0.5, 0.6) is 5.75 Å². The molecule has 0 spiro atoms. The predicted molar refractivity (Wildman–Crippen MR) is 77.2 cm³/mol. The SMILES string of the molecule is CCOc1ccc(C(=O)c2ccc(Cl)c(C)c2)cc1. The maximum atomic E-state index is 12.3. The third kappa shape index (κ3) is 3.15. The van der Waals surface area contributed by atoms with Gasteiger partial charge in [0.2, 0.25) is 0 Å². The number of aryl methyl sites for hydroxylation is 1. The molecule has 0 bridgehead atoms. The van der Waals surface area contributed by atoms with Crippen molar-refractivity contribution >= 4 is 17.4 Å². The van der Waals surface area contributed by atoms with Gasteiger partial charge in [-0.15, -0.1) is 0 Å². The lowest BCUT2D eigenvalue weighted by atomic mass is 10.0. The molecule has 0 aromatic heterocycles. The molecule has 0 radical (unpaired) electrons. The van der Waals surface area contributed by atoms with Gasteiger partial charge in [0.15, 0.2) is 5.78 Å². The van der Waals surface area contributed by atoms with E-state index in [2.05, 4.69) is 0 Å². The normalized spacial score (nSPS) is 10.3. The molecule has 0 fully saturated rings. The Balaban J connectivity index is 2.25. The van der Waals surface area contributed by atoms with Crippen LogP contribution in [-0.2, 0) is 0 Å². The van der Waals surface area contributed by atoms with E-state index < -0.39 is 0 Å². The molecule has 0 atom stereocenters. The highest BCUT2D eigenvalue weighted by Gasteiger charge is 2.10. The number of ketones is 1. The Bertz CT molecular complexity index is 588. The Hall–Kier alpha value is -1.80. The number of rotatable bonds is 4. The summed E-state index contributed by atoms with van der Waals surface area (Å²) >= 11 is 5.96. The molecule has 3 heteroatoms. The van der Waals surface area contributed by atoms with Crippen molar-refractivity contribution in [1.29, 1.82) is 0 Å². The van der Waals surface area contributed by atoms with Crippen LogP contribution in [-0.4, -0.2) is 12.4 Å². The highest BCUT2D eigenvalue weighted by molar-refractivity contribution is 6.31. The molecule has 2 nitrogen and oxygen atoms in total. The second kappa shape index (κ2) is 5.89. The minimum absolute atomic E-state index is 0.0113. The number of hydrogen-bond donors (Lipinski definition) is 0. The van der Waals surface area contributed by atoms with Gasteiger partial charge in [0.1, 0.15) is 5.75 Å². The standard InChI is InChI=1S/C16H15ClO2/c1-3-19-14-7-4-12(5-8-14)16(18)13-6-9-15(17)11(2)10-13/h4-10H,3H2,1-2H3.